The standard InChI is InChI=1S/C11H9F2NO4/c12-6-1-2-8(7(13)5-6)14-4-3-11(18,9(14)15)10(16)17/h1-2,5,18H,3-4H2,(H,16,17). The van der Waals surface area contributed by atoms with Crippen molar-refractivity contribution >= 4 is 17.6 Å². The highest BCUT2D eigenvalue weighted by atomic mass is 19.1. The summed E-state index contributed by atoms with van der Waals surface area (Å²) in [5, 5.41) is 18.4. The van der Waals surface area contributed by atoms with Gasteiger partial charge in [0.1, 0.15) is 11.6 Å². The highest BCUT2D eigenvalue weighted by molar-refractivity contribution is 6.14. The number of carbonyl (C=O) groups excluding carboxylic acids is 1. The lowest BCUT2D eigenvalue weighted by molar-refractivity contribution is -0.162. The summed E-state index contributed by atoms with van der Waals surface area (Å²) in [6.07, 6.45) is -0.349. The van der Waals surface area contributed by atoms with Gasteiger partial charge in [0, 0.05) is 19.0 Å². The van der Waals surface area contributed by atoms with Crippen molar-refractivity contribution in [1.82, 2.24) is 0 Å². The number of benzene rings is 1. The van der Waals surface area contributed by atoms with Gasteiger partial charge in [-0.2, -0.15) is 0 Å². The summed E-state index contributed by atoms with van der Waals surface area (Å²) in [5.41, 5.74) is -2.79. The quantitative estimate of drug-likeness (QED) is 0.757. The van der Waals surface area contributed by atoms with Gasteiger partial charge in [-0.05, 0) is 12.1 Å². The van der Waals surface area contributed by atoms with E-state index < -0.39 is 29.1 Å². The minimum absolute atomic E-state index is 0.149. The molecule has 1 unspecified atom stereocenters. The van der Waals surface area contributed by atoms with Gasteiger partial charge < -0.3 is 15.1 Å². The molecule has 1 aliphatic rings. The number of rotatable bonds is 2. The molecule has 1 atom stereocenters. The summed E-state index contributed by atoms with van der Waals surface area (Å²) in [6.45, 7) is -0.149. The number of carboxylic acids is 1. The van der Waals surface area contributed by atoms with E-state index in [0.29, 0.717) is 6.07 Å². The maximum Gasteiger partial charge on any atom is 0.345 e. The smallest absolute Gasteiger partial charge is 0.345 e. The maximum atomic E-state index is 13.5. The zero-order valence-corrected chi connectivity index (χ0v) is 9.06. The minimum Gasteiger partial charge on any atom is -0.479 e. The molecule has 1 aromatic carbocycles. The number of anilines is 1. The van der Waals surface area contributed by atoms with E-state index in [1.54, 1.807) is 0 Å². The normalized spacial score (nSPS) is 23.5. The van der Waals surface area contributed by atoms with E-state index in [1.807, 2.05) is 0 Å². The van der Waals surface area contributed by atoms with Crippen molar-refractivity contribution < 1.29 is 28.6 Å². The van der Waals surface area contributed by atoms with E-state index >= 15 is 0 Å². The molecule has 2 rings (SSSR count). The average Bonchev–Trinajstić information content (AvgIpc) is 2.58. The number of hydrogen-bond acceptors (Lipinski definition) is 3. The molecule has 1 fully saturated rings. The van der Waals surface area contributed by atoms with Gasteiger partial charge in [0.15, 0.2) is 0 Å². The van der Waals surface area contributed by atoms with Crippen LogP contribution in [0.2, 0.25) is 0 Å². The molecule has 2 N–H and O–H groups in total. The summed E-state index contributed by atoms with van der Waals surface area (Å²) in [4.78, 5) is 23.3. The van der Waals surface area contributed by atoms with Crippen LogP contribution in [0.15, 0.2) is 18.2 Å². The largest absolute Gasteiger partial charge is 0.479 e. The molecule has 18 heavy (non-hydrogen) atoms. The third-order valence-corrected chi connectivity index (χ3v) is 2.85. The molecule has 1 aliphatic heterocycles. The van der Waals surface area contributed by atoms with Crippen LogP contribution in [0.3, 0.4) is 0 Å². The van der Waals surface area contributed by atoms with Crippen LogP contribution in [0.1, 0.15) is 6.42 Å². The molecule has 1 heterocycles. The van der Waals surface area contributed by atoms with Crippen LogP contribution in [0.4, 0.5) is 14.5 Å². The van der Waals surface area contributed by atoms with Crippen molar-refractivity contribution in [2.45, 2.75) is 12.0 Å². The van der Waals surface area contributed by atoms with Crippen LogP contribution in [-0.2, 0) is 9.59 Å². The number of carbonyl (C=O) groups is 2. The Labute approximate surface area is 100 Å². The third kappa shape index (κ3) is 1.72. The lowest BCUT2D eigenvalue weighted by atomic mass is 10.0. The molecular formula is C11H9F2NO4. The molecular weight excluding hydrogens is 248 g/mol. The van der Waals surface area contributed by atoms with Crippen LogP contribution in [-0.4, -0.2) is 34.2 Å². The molecule has 0 radical (unpaired) electrons. The van der Waals surface area contributed by atoms with Gasteiger partial charge in [0.2, 0.25) is 5.60 Å². The zero-order valence-electron chi connectivity index (χ0n) is 9.06. The topological polar surface area (TPSA) is 77.8 Å². The van der Waals surface area contributed by atoms with Gasteiger partial charge >= 0.3 is 5.97 Å². The summed E-state index contributed by atoms with van der Waals surface area (Å²) in [6, 6.07) is 2.56. The molecule has 5 nitrogen and oxygen atoms in total. The second-order valence-corrected chi connectivity index (χ2v) is 3.97. The molecule has 0 saturated carbocycles. The highest BCUT2D eigenvalue weighted by Gasteiger charge is 2.52. The number of aliphatic hydroxyl groups is 1. The van der Waals surface area contributed by atoms with Gasteiger partial charge in [-0.15, -0.1) is 0 Å². The molecule has 1 saturated heterocycles. The third-order valence-electron chi connectivity index (χ3n) is 2.85. The van der Waals surface area contributed by atoms with Gasteiger partial charge in [0.25, 0.3) is 5.91 Å². The van der Waals surface area contributed by atoms with Crippen molar-refractivity contribution in [2.75, 3.05) is 11.4 Å². The molecule has 0 bridgehead atoms. The number of halogens is 2. The molecule has 1 aromatic rings. The Balaban J connectivity index is 2.37. The van der Waals surface area contributed by atoms with E-state index in [1.165, 1.54) is 0 Å². The number of hydrogen-bond donors (Lipinski definition) is 2. The maximum absolute atomic E-state index is 13.5. The Kier molecular flexibility index (Phi) is 2.78. The average molecular weight is 257 g/mol. The van der Waals surface area contributed by atoms with Crippen molar-refractivity contribution in [3.8, 4) is 0 Å². The number of nitrogens with zero attached hydrogens (tertiary/aromatic N) is 1. The highest BCUT2D eigenvalue weighted by Crippen LogP contribution is 2.30. The fourth-order valence-corrected chi connectivity index (χ4v) is 1.83. The Morgan fingerprint density at radius 1 is 1.39 bits per heavy atom. The van der Waals surface area contributed by atoms with Crippen molar-refractivity contribution in [1.29, 1.82) is 0 Å². The Hall–Kier alpha value is -2.02. The van der Waals surface area contributed by atoms with Crippen LogP contribution >= 0.6 is 0 Å². The van der Waals surface area contributed by atoms with Gasteiger partial charge in [-0.1, -0.05) is 0 Å². The summed E-state index contributed by atoms with van der Waals surface area (Å²) < 4.78 is 26.2. The predicted octanol–water partition coefficient (Wildman–Crippen LogP) is 0.517. The van der Waals surface area contributed by atoms with Gasteiger partial charge in [-0.3, -0.25) is 4.79 Å². The van der Waals surface area contributed by atoms with Crippen LogP contribution in [0.5, 0.6) is 0 Å². The summed E-state index contributed by atoms with van der Waals surface area (Å²) in [7, 11) is 0. The van der Waals surface area contributed by atoms with Gasteiger partial charge in [0.05, 0.1) is 5.69 Å². The first-order valence-electron chi connectivity index (χ1n) is 5.09. The fourth-order valence-electron chi connectivity index (χ4n) is 1.83. The van der Waals surface area contributed by atoms with E-state index in [4.69, 9.17) is 5.11 Å². The molecule has 0 aromatic heterocycles. The summed E-state index contributed by atoms with van der Waals surface area (Å²) in [5.74, 6) is -4.60. The van der Waals surface area contributed by atoms with E-state index in [0.717, 1.165) is 17.0 Å². The first-order chi connectivity index (χ1) is 8.36. The summed E-state index contributed by atoms with van der Waals surface area (Å²) >= 11 is 0. The molecule has 1 amide bonds. The zero-order chi connectivity index (χ0) is 13.5. The fraction of sp³-hybridized carbons (Fsp3) is 0.273. The second kappa shape index (κ2) is 4.02. The van der Waals surface area contributed by atoms with E-state index in [-0.39, 0.29) is 18.7 Å². The number of carboxylic acid groups (broad SMARTS) is 1. The molecule has 96 valence electrons. The van der Waals surface area contributed by atoms with Gasteiger partial charge in [-0.25, -0.2) is 13.6 Å². The second-order valence-electron chi connectivity index (χ2n) is 3.97. The predicted molar refractivity (Wildman–Crippen MR) is 55.9 cm³/mol. The van der Waals surface area contributed by atoms with E-state index in [2.05, 4.69) is 0 Å². The molecule has 0 aliphatic carbocycles. The van der Waals surface area contributed by atoms with Crippen LogP contribution in [0, 0.1) is 11.6 Å². The molecule has 0 spiro atoms. The van der Waals surface area contributed by atoms with Crippen molar-refractivity contribution in [3.63, 3.8) is 0 Å². The molecule has 7 heteroatoms. The van der Waals surface area contributed by atoms with E-state index in [9.17, 15) is 23.5 Å². The lowest BCUT2D eigenvalue weighted by Gasteiger charge is -2.19. The Morgan fingerprint density at radius 3 is 2.56 bits per heavy atom. The minimum atomic E-state index is -2.54. The van der Waals surface area contributed by atoms with Crippen LogP contribution < -0.4 is 4.90 Å². The van der Waals surface area contributed by atoms with Crippen LogP contribution in [0.25, 0.3) is 0 Å². The monoisotopic (exact) mass is 257 g/mol. The Bertz CT molecular complexity index is 534. The first kappa shape index (κ1) is 12.4. The Morgan fingerprint density at radius 2 is 2.06 bits per heavy atom. The lowest BCUT2D eigenvalue weighted by Crippen LogP contribution is -2.46. The first-order valence-corrected chi connectivity index (χ1v) is 5.09. The SMILES string of the molecule is O=C(O)C1(O)CCN(c2ccc(F)cc2F)C1=O. The number of aliphatic carboxylic acids is 1. The van der Waals surface area contributed by atoms with Crippen molar-refractivity contribution in [2.24, 2.45) is 0 Å². The van der Waals surface area contributed by atoms with Crippen molar-refractivity contribution in [3.05, 3.63) is 29.8 Å². The number of amides is 1.